The Morgan fingerprint density at radius 2 is 1.10 bits per heavy atom. The summed E-state index contributed by atoms with van der Waals surface area (Å²) < 4.78 is 85.6. The van der Waals surface area contributed by atoms with Crippen molar-refractivity contribution in [3.8, 4) is 11.5 Å². The van der Waals surface area contributed by atoms with Crippen molar-refractivity contribution in [1.82, 2.24) is 0 Å². The summed E-state index contributed by atoms with van der Waals surface area (Å²) in [4.78, 5) is 0. The fourth-order valence-corrected chi connectivity index (χ4v) is 11.4. The minimum Gasteiger partial charge on any atom is -0.405 e. The summed E-state index contributed by atoms with van der Waals surface area (Å²) in [6.45, 7) is 0. The highest BCUT2D eigenvalue weighted by molar-refractivity contribution is 7.87. The molecule has 0 atom stereocenters. The number of alkyl halides is 6. The molecule has 0 aromatic heterocycles. The molecule has 1 aromatic carbocycles. The SMILES string of the molecule is FC(F)(F)Oc1cc(OC(F)(F)F)cc([P+]([CH-]Cl)(C2CCCCC2)C2CCCCC2)c1. The minimum atomic E-state index is -5.03. The van der Waals surface area contributed by atoms with Crippen LogP contribution in [0.2, 0.25) is 0 Å². The Labute approximate surface area is 184 Å². The van der Waals surface area contributed by atoms with E-state index < -0.39 is 31.5 Å². The zero-order valence-corrected chi connectivity index (χ0v) is 18.6. The van der Waals surface area contributed by atoms with Gasteiger partial charge in [0, 0.05) is 29.5 Å². The van der Waals surface area contributed by atoms with Gasteiger partial charge in [-0.2, -0.15) is 0 Å². The second-order valence-corrected chi connectivity index (χ2v) is 12.7. The first-order valence-corrected chi connectivity index (χ1v) is 13.0. The second-order valence-electron chi connectivity index (χ2n) is 8.27. The molecule has 0 radical (unpaired) electrons. The summed E-state index contributed by atoms with van der Waals surface area (Å²) in [5, 5.41) is 0.405. The summed E-state index contributed by atoms with van der Waals surface area (Å²) in [6, 6.07) is 3.09. The molecule has 0 spiro atoms. The van der Waals surface area contributed by atoms with E-state index in [9.17, 15) is 26.3 Å². The smallest absolute Gasteiger partial charge is 0.405 e. The van der Waals surface area contributed by atoms with Gasteiger partial charge in [0.25, 0.3) is 0 Å². The number of hydrogen-bond acceptors (Lipinski definition) is 2. The average Bonchev–Trinajstić information content (AvgIpc) is 2.68. The van der Waals surface area contributed by atoms with Crippen LogP contribution in [0.3, 0.4) is 0 Å². The first-order valence-electron chi connectivity index (χ1n) is 10.5. The highest BCUT2D eigenvalue weighted by atomic mass is 35.5. The van der Waals surface area contributed by atoms with Crippen LogP contribution in [0.4, 0.5) is 26.3 Å². The van der Waals surface area contributed by atoms with Crippen LogP contribution < -0.4 is 14.8 Å². The van der Waals surface area contributed by atoms with Crippen molar-refractivity contribution in [3.63, 3.8) is 0 Å². The summed E-state index contributed by atoms with van der Waals surface area (Å²) in [5.74, 6) is -1.42. The van der Waals surface area contributed by atoms with Gasteiger partial charge in [-0.05, 0) is 51.4 Å². The lowest BCUT2D eigenvalue weighted by molar-refractivity contribution is -0.276. The van der Waals surface area contributed by atoms with Crippen LogP contribution in [0.5, 0.6) is 11.5 Å². The molecule has 0 N–H and O–H groups in total. The largest absolute Gasteiger partial charge is 0.573 e. The number of ether oxygens (including phenoxy) is 2. The molecule has 0 saturated heterocycles. The molecule has 3 rings (SSSR count). The maximum absolute atomic E-state index is 12.9. The Morgan fingerprint density at radius 1 is 0.710 bits per heavy atom. The summed E-state index contributed by atoms with van der Waals surface area (Å²) in [5.41, 5.74) is 1.88. The van der Waals surface area contributed by atoms with E-state index in [1.54, 1.807) is 5.62 Å². The van der Waals surface area contributed by atoms with Crippen molar-refractivity contribution in [1.29, 1.82) is 0 Å². The highest BCUT2D eigenvalue weighted by Gasteiger charge is 2.48. The molecule has 31 heavy (non-hydrogen) atoms. The van der Waals surface area contributed by atoms with E-state index in [2.05, 4.69) is 9.47 Å². The van der Waals surface area contributed by atoms with Crippen LogP contribution in [0.1, 0.15) is 64.2 Å². The van der Waals surface area contributed by atoms with Crippen LogP contribution in [0.15, 0.2) is 18.2 Å². The zero-order valence-electron chi connectivity index (χ0n) is 16.9. The summed E-state index contributed by atoms with van der Waals surface area (Å²) in [7, 11) is -2.42. The van der Waals surface area contributed by atoms with Gasteiger partial charge < -0.3 is 21.1 Å². The molecule has 0 bridgehead atoms. The number of benzene rings is 1. The number of halogens is 7. The molecular weight excluding hydrogens is 465 g/mol. The molecule has 2 aliphatic carbocycles. The lowest BCUT2D eigenvalue weighted by Gasteiger charge is -2.48. The monoisotopic (exact) mass is 490 g/mol. The maximum atomic E-state index is 12.9. The van der Waals surface area contributed by atoms with Crippen molar-refractivity contribution >= 4 is 24.2 Å². The van der Waals surface area contributed by atoms with Crippen molar-refractivity contribution in [2.24, 2.45) is 0 Å². The Bertz CT molecular complexity index is 675. The van der Waals surface area contributed by atoms with E-state index in [-0.39, 0.29) is 11.3 Å². The Kier molecular flexibility index (Phi) is 7.94. The van der Waals surface area contributed by atoms with Crippen molar-refractivity contribution in [3.05, 3.63) is 23.8 Å². The molecule has 2 aliphatic rings. The van der Waals surface area contributed by atoms with E-state index in [1.165, 1.54) is 12.1 Å². The second kappa shape index (κ2) is 9.94. The Hall–Kier alpha value is -0.880. The molecule has 0 amide bonds. The van der Waals surface area contributed by atoms with Crippen LogP contribution in [0, 0.1) is 5.62 Å². The van der Waals surface area contributed by atoms with E-state index >= 15 is 0 Å². The van der Waals surface area contributed by atoms with Crippen molar-refractivity contribution in [2.75, 3.05) is 0 Å². The molecule has 0 unspecified atom stereocenters. The van der Waals surface area contributed by atoms with Crippen LogP contribution >= 0.6 is 18.9 Å². The van der Waals surface area contributed by atoms with E-state index in [1.807, 2.05) is 0 Å². The van der Waals surface area contributed by atoms with Crippen LogP contribution in [0.25, 0.3) is 0 Å². The molecule has 0 heterocycles. The predicted octanol–water partition coefficient (Wildman–Crippen LogP) is 8.15. The predicted molar refractivity (Wildman–Crippen MR) is 110 cm³/mol. The lowest BCUT2D eigenvalue weighted by Crippen LogP contribution is -2.34. The first kappa shape index (κ1) is 24.8. The van der Waals surface area contributed by atoms with Gasteiger partial charge in [0.1, 0.15) is 11.5 Å². The zero-order chi connectivity index (χ0) is 22.7. The third kappa shape index (κ3) is 6.34. The van der Waals surface area contributed by atoms with Crippen molar-refractivity contribution < 1.29 is 35.8 Å². The number of hydrogen-bond donors (Lipinski definition) is 0. The number of rotatable bonds is 6. The normalized spacial score (nSPS) is 20.0. The van der Waals surface area contributed by atoms with Gasteiger partial charge in [0.05, 0.1) is 5.30 Å². The lowest BCUT2D eigenvalue weighted by atomic mass is 9.99. The molecule has 0 aliphatic heterocycles. The van der Waals surface area contributed by atoms with E-state index in [4.69, 9.17) is 11.6 Å². The molecule has 2 fully saturated rings. The standard InChI is InChI=1S/C21H26ClF6O2P/c22-14-31(17-7-3-1-4-8-17,18-9-5-2-6-10-18)19-12-15(29-20(23,24)25)11-16(13-19)30-21(26,27)28/h11-14,17-18H,1-10H2. The average molecular weight is 491 g/mol. The molecular formula is C21H26ClF6O2P. The molecule has 2 saturated carbocycles. The van der Waals surface area contributed by atoms with E-state index in [0.29, 0.717) is 11.4 Å². The third-order valence-electron chi connectivity index (χ3n) is 6.30. The topological polar surface area (TPSA) is 18.5 Å². The highest BCUT2D eigenvalue weighted by Crippen LogP contribution is 2.74. The van der Waals surface area contributed by atoms with Gasteiger partial charge in [-0.3, -0.25) is 0 Å². The van der Waals surface area contributed by atoms with Gasteiger partial charge >= 0.3 is 12.7 Å². The molecule has 176 valence electrons. The van der Waals surface area contributed by atoms with Crippen LogP contribution in [-0.4, -0.2) is 24.0 Å². The first-order chi connectivity index (χ1) is 14.5. The summed E-state index contributed by atoms with van der Waals surface area (Å²) in [6.07, 6.45) is -0.523. The quantitative estimate of drug-likeness (QED) is 0.227. The van der Waals surface area contributed by atoms with Crippen LogP contribution in [-0.2, 0) is 0 Å². The molecule has 2 nitrogen and oxygen atoms in total. The van der Waals surface area contributed by atoms with E-state index in [0.717, 1.165) is 64.2 Å². The minimum absolute atomic E-state index is 0.140. The fraction of sp³-hybridized carbons (Fsp3) is 0.667. The molecule has 10 heteroatoms. The third-order valence-corrected chi connectivity index (χ3v) is 12.2. The Balaban J connectivity index is 2.13. The molecule has 1 aromatic rings. The fourth-order valence-electron chi connectivity index (χ4n) is 5.12. The summed E-state index contributed by atoms with van der Waals surface area (Å²) >= 11 is 6.49. The van der Waals surface area contributed by atoms with Crippen molar-refractivity contribution in [2.45, 2.75) is 88.3 Å². The van der Waals surface area contributed by atoms with Gasteiger partial charge in [-0.15, -0.1) is 26.3 Å². The van der Waals surface area contributed by atoms with Gasteiger partial charge in [-0.25, -0.2) is 0 Å². The Morgan fingerprint density at radius 3 is 1.42 bits per heavy atom. The van der Waals surface area contributed by atoms with Gasteiger partial charge in [0.2, 0.25) is 0 Å². The van der Waals surface area contributed by atoms with Gasteiger partial charge in [-0.1, -0.05) is 25.7 Å². The van der Waals surface area contributed by atoms with Gasteiger partial charge in [0.15, 0.2) is 0 Å². The maximum Gasteiger partial charge on any atom is 0.573 e.